The van der Waals surface area contributed by atoms with Crippen molar-refractivity contribution in [2.24, 2.45) is 0 Å². The Labute approximate surface area is 123 Å². The number of phenolic OH excluding ortho intramolecular Hbond substituents is 3. The molecule has 0 spiro atoms. The molecule has 0 heterocycles. The van der Waals surface area contributed by atoms with Crippen molar-refractivity contribution in [3.63, 3.8) is 0 Å². The lowest BCUT2D eigenvalue weighted by Gasteiger charge is -2.20. The summed E-state index contributed by atoms with van der Waals surface area (Å²) in [5.74, 6) is -0.191. The first-order valence-corrected chi connectivity index (χ1v) is 6.63. The number of phenols is 3. The first-order chi connectivity index (χ1) is 9.20. The molecule has 20 heavy (non-hydrogen) atoms. The van der Waals surface area contributed by atoms with E-state index in [9.17, 15) is 15.3 Å². The van der Waals surface area contributed by atoms with Crippen LogP contribution in [-0.2, 0) is 5.41 Å². The topological polar surface area (TPSA) is 60.7 Å². The Balaban J connectivity index is 2.66. The van der Waals surface area contributed by atoms with E-state index in [1.54, 1.807) is 12.1 Å². The summed E-state index contributed by atoms with van der Waals surface area (Å²) in [6.45, 7) is 6.17. The van der Waals surface area contributed by atoms with Crippen molar-refractivity contribution in [3.8, 4) is 28.4 Å². The van der Waals surface area contributed by atoms with Crippen molar-refractivity contribution >= 4 is 11.6 Å². The van der Waals surface area contributed by atoms with Gasteiger partial charge in [-0.3, -0.25) is 0 Å². The Hall–Kier alpha value is -1.87. The Kier molecular flexibility index (Phi) is 3.57. The highest BCUT2D eigenvalue weighted by molar-refractivity contribution is 6.32. The van der Waals surface area contributed by atoms with Crippen LogP contribution in [0.1, 0.15) is 26.3 Å². The van der Waals surface area contributed by atoms with Crippen molar-refractivity contribution in [3.05, 3.63) is 40.9 Å². The lowest BCUT2D eigenvalue weighted by molar-refractivity contribution is 0.459. The highest BCUT2D eigenvalue weighted by Gasteiger charge is 2.18. The molecule has 0 aliphatic heterocycles. The van der Waals surface area contributed by atoms with Gasteiger partial charge in [-0.05, 0) is 29.2 Å². The molecule has 2 aromatic carbocycles. The van der Waals surface area contributed by atoms with Crippen molar-refractivity contribution in [2.45, 2.75) is 26.2 Å². The fourth-order valence-electron chi connectivity index (χ4n) is 1.99. The number of halogens is 1. The summed E-state index contributed by atoms with van der Waals surface area (Å²) in [6, 6.07) is 7.83. The standard InChI is InChI=1S/C16H17ClO3/c1-16(2,3)9-4-5-13(18)10(6-9)11-7-15(20)12(17)8-14(11)19/h4-8,18-20H,1-3H3. The van der Waals surface area contributed by atoms with E-state index in [4.69, 9.17) is 11.6 Å². The summed E-state index contributed by atoms with van der Waals surface area (Å²) < 4.78 is 0. The zero-order chi connectivity index (χ0) is 15.1. The van der Waals surface area contributed by atoms with Crippen LogP contribution in [0.15, 0.2) is 30.3 Å². The van der Waals surface area contributed by atoms with Crippen LogP contribution in [0.25, 0.3) is 11.1 Å². The van der Waals surface area contributed by atoms with Gasteiger partial charge in [0.25, 0.3) is 0 Å². The van der Waals surface area contributed by atoms with E-state index < -0.39 is 0 Å². The van der Waals surface area contributed by atoms with Crippen molar-refractivity contribution in [1.82, 2.24) is 0 Å². The molecule has 0 amide bonds. The van der Waals surface area contributed by atoms with Gasteiger partial charge in [0, 0.05) is 17.2 Å². The van der Waals surface area contributed by atoms with Gasteiger partial charge in [0.1, 0.15) is 17.2 Å². The van der Waals surface area contributed by atoms with Gasteiger partial charge in [0.05, 0.1) is 5.02 Å². The van der Waals surface area contributed by atoms with E-state index in [0.29, 0.717) is 11.1 Å². The molecule has 0 saturated heterocycles. The minimum Gasteiger partial charge on any atom is -0.507 e. The molecule has 0 aromatic heterocycles. The number of hydrogen-bond acceptors (Lipinski definition) is 3. The number of benzene rings is 2. The second-order valence-electron chi connectivity index (χ2n) is 5.80. The first kappa shape index (κ1) is 14.5. The SMILES string of the molecule is CC(C)(C)c1ccc(O)c(-c2cc(O)c(Cl)cc2O)c1. The molecule has 0 unspecified atom stereocenters. The van der Waals surface area contributed by atoms with Crippen LogP contribution in [-0.4, -0.2) is 15.3 Å². The zero-order valence-electron chi connectivity index (χ0n) is 11.6. The van der Waals surface area contributed by atoms with Crippen LogP contribution < -0.4 is 0 Å². The summed E-state index contributed by atoms with van der Waals surface area (Å²) in [6.07, 6.45) is 0. The molecule has 4 heteroatoms. The Morgan fingerprint density at radius 3 is 2.00 bits per heavy atom. The van der Waals surface area contributed by atoms with Crippen molar-refractivity contribution in [1.29, 1.82) is 0 Å². The van der Waals surface area contributed by atoms with Crippen molar-refractivity contribution < 1.29 is 15.3 Å². The number of hydrogen-bond donors (Lipinski definition) is 3. The lowest BCUT2D eigenvalue weighted by atomic mass is 9.85. The van der Waals surface area contributed by atoms with Gasteiger partial charge in [-0.15, -0.1) is 0 Å². The molecule has 2 rings (SSSR count). The molecular weight excluding hydrogens is 276 g/mol. The van der Waals surface area contributed by atoms with E-state index in [-0.39, 0.29) is 27.7 Å². The number of aromatic hydroxyl groups is 3. The average molecular weight is 293 g/mol. The minimum absolute atomic E-state index is 0.0371. The van der Waals surface area contributed by atoms with Crippen LogP contribution >= 0.6 is 11.6 Å². The molecule has 0 aliphatic rings. The van der Waals surface area contributed by atoms with Gasteiger partial charge in [0.2, 0.25) is 0 Å². The maximum Gasteiger partial charge on any atom is 0.135 e. The largest absolute Gasteiger partial charge is 0.507 e. The minimum atomic E-state index is -0.139. The summed E-state index contributed by atoms with van der Waals surface area (Å²) in [4.78, 5) is 0. The second-order valence-corrected chi connectivity index (χ2v) is 6.21. The highest BCUT2D eigenvalue weighted by atomic mass is 35.5. The maximum absolute atomic E-state index is 10.0. The Bertz CT molecular complexity index is 658. The molecular formula is C16H17ClO3. The van der Waals surface area contributed by atoms with Gasteiger partial charge in [-0.1, -0.05) is 38.4 Å². The predicted molar refractivity (Wildman–Crippen MR) is 80.6 cm³/mol. The van der Waals surface area contributed by atoms with E-state index >= 15 is 0 Å². The summed E-state index contributed by atoms with van der Waals surface area (Å²) in [5.41, 5.74) is 1.73. The summed E-state index contributed by atoms with van der Waals surface area (Å²) in [7, 11) is 0. The molecule has 0 bridgehead atoms. The monoisotopic (exact) mass is 292 g/mol. The molecule has 0 fully saturated rings. The van der Waals surface area contributed by atoms with Gasteiger partial charge >= 0.3 is 0 Å². The number of rotatable bonds is 1. The molecule has 0 atom stereocenters. The third-order valence-corrected chi connectivity index (χ3v) is 3.52. The Morgan fingerprint density at radius 1 is 0.800 bits per heavy atom. The molecule has 2 aromatic rings. The quantitative estimate of drug-likeness (QED) is 0.682. The molecule has 3 nitrogen and oxygen atoms in total. The van der Waals surface area contributed by atoms with E-state index in [1.165, 1.54) is 12.1 Å². The van der Waals surface area contributed by atoms with Gasteiger partial charge < -0.3 is 15.3 Å². The van der Waals surface area contributed by atoms with E-state index in [0.717, 1.165) is 5.56 Å². The van der Waals surface area contributed by atoms with E-state index in [2.05, 4.69) is 20.8 Å². The molecule has 0 radical (unpaired) electrons. The molecule has 3 N–H and O–H groups in total. The van der Waals surface area contributed by atoms with Gasteiger partial charge in [0.15, 0.2) is 0 Å². The highest BCUT2D eigenvalue weighted by Crippen LogP contribution is 2.42. The summed E-state index contributed by atoms with van der Waals surface area (Å²) >= 11 is 5.74. The zero-order valence-corrected chi connectivity index (χ0v) is 12.4. The smallest absolute Gasteiger partial charge is 0.135 e. The second kappa shape index (κ2) is 4.91. The van der Waals surface area contributed by atoms with Crippen LogP contribution in [0.3, 0.4) is 0 Å². The fraction of sp³-hybridized carbons (Fsp3) is 0.250. The average Bonchev–Trinajstić information content (AvgIpc) is 2.33. The van der Waals surface area contributed by atoms with E-state index in [1.807, 2.05) is 6.07 Å². The molecule has 106 valence electrons. The normalized spacial score (nSPS) is 11.6. The fourth-order valence-corrected chi connectivity index (χ4v) is 2.14. The molecule has 0 saturated carbocycles. The molecule has 0 aliphatic carbocycles. The van der Waals surface area contributed by atoms with Crippen LogP contribution in [0.2, 0.25) is 5.02 Å². The van der Waals surface area contributed by atoms with Crippen LogP contribution in [0.5, 0.6) is 17.2 Å². The van der Waals surface area contributed by atoms with Crippen LogP contribution in [0.4, 0.5) is 0 Å². The van der Waals surface area contributed by atoms with Gasteiger partial charge in [-0.2, -0.15) is 0 Å². The predicted octanol–water partition coefficient (Wildman–Crippen LogP) is 4.42. The third-order valence-electron chi connectivity index (χ3n) is 3.22. The summed E-state index contributed by atoms with van der Waals surface area (Å²) in [5, 5.41) is 29.7. The Morgan fingerprint density at radius 2 is 1.40 bits per heavy atom. The first-order valence-electron chi connectivity index (χ1n) is 6.25. The lowest BCUT2D eigenvalue weighted by Crippen LogP contribution is -2.10. The van der Waals surface area contributed by atoms with Gasteiger partial charge in [-0.25, -0.2) is 0 Å². The van der Waals surface area contributed by atoms with Crippen molar-refractivity contribution in [2.75, 3.05) is 0 Å². The third kappa shape index (κ3) is 2.68. The van der Waals surface area contributed by atoms with Crippen LogP contribution in [0, 0.1) is 0 Å². The maximum atomic E-state index is 10.0.